The summed E-state index contributed by atoms with van der Waals surface area (Å²) in [7, 11) is 1.61. The number of likely N-dealkylation sites (tertiary alicyclic amines) is 1. The Morgan fingerprint density at radius 3 is 2.59 bits per heavy atom. The number of amides is 2. The van der Waals surface area contributed by atoms with Crippen LogP contribution in [0.5, 0.6) is 11.5 Å². The van der Waals surface area contributed by atoms with Crippen molar-refractivity contribution >= 4 is 76.3 Å². The molecule has 2 saturated carbocycles. The first-order valence-corrected chi connectivity index (χ1v) is 17.2. The second-order valence-electron chi connectivity index (χ2n) is 11.5. The van der Waals surface area contributed by atoms with E-state index in [0.717, 1.165) is 32.4 Å². The van der Waals surface area contributed by atoms with Crippen molar-refractivity contribution in [2.24, 2.45) is 29.6 Å². The maximum Gasteiger partial charge on any atom is 0.326 e. The topological polar surface area (TPSA) is 97.9 Å². The third-order valence-electron chi connectivity index (χ3n) is 9.35. The first-order chi connectivity index (χ1) is 21.2. The van der Waals surface area contributed by atoms with Crippen molar-refractivity contribution in [2.45, 2.75) is 36.1 Å². The van der Waals surface area contributed by atoms with Gasteiger partial charge in [-0.25, -0.2) is 0 Å². The molecule has 1 N–H and O–H groups in total. The van der Waals surface area contributed by atoms with Gasteiger partial charge in [-0.2, -0.15) is 0 Å². The van der Waals surface area contributed by atoms with E-state index in [1.807, 2.05) is 24.3 Å². The Hall–Kier alpha value is -2.57. The Kier molecular flexibility index (Phi) is 7.98. The zero-order chi connectivity index (χ0) is 30.9. The van der Waals surface area contributed by atoms with E-state index in [2.05, 4.69) is 4.98 Å². The average molecular weight is 692 g/mol. The van der Waals surface area contributed by atoms with Crippen LogP contribution in [0.15, 0.2) is 41.4 Å². The number of carbonyl (C=O) groups excluding carboxylic acids is 3. The van der Waals surface area contributed by atoms with Crippen LogP contribution in [0.3, 0.4) is 0 Å². The van der Waals surface area contributed by atoms with Gasteiger partial charge in [-0.05, 0) is 73.1 Å². The highest BCUT2D eigenvalue weighted by Crippen LogP contribution is 2.69. The van der Waals surface area contributed by atoms with Gasteiger partial charge in [0.15, 0.2) is 15.5 Å². The molecule has 3 aromatic rings. The quantitative estimate of drug-likeness (QED) is 0.158. The molecule has 7 atom stereocenters. The number of thiazole rings is 1. The summed E-state index contributed by atoms with van der Waals surface area (Å²) < 4.78 is 17.7. The lowest BCUT2D eigenvalue weighted by Gasteiger charge is -2.43. The van der Waals surface area contributed by atoms with Crippen molar-refractivity contribution in [3.05, 3.63) is 66.4 Å². The minimum atomic E-state index is -0.561. The maximum absolute atomic E-state index is 13.7. The van der Waals surface area contributed by atoms with Crippen LogP contribution < -0.4 is 9.47 Å². The monoisotopic (exact) mass is 690 g/mol. The predicted molar refractivity (Wildman–Crippen MR) is 170 cm³/mol. The smallest absolute Gasteiger partial charge is 0.326 e. The molecule has 7 unspecified atom stereocenters. The summed E-state index contributed by atoms with van der Waals surface area (Å²) in [6, 6.07) is 11.2. The van der Waals surface area contributed by atoms with Crippen LogP contribution in [0.2, 0.25) is 10.0 Å². The van der Waals surface area contributed by atoms with Gasteiger partial charge in [-0.1, -0.05) is 35.3 Å². The minimum Gasteiger partial charge on any atom is -0.493 e. The van der Waals surface area contributed by atoms with Gasteiger partial charge in [0.25, 0.3) is 0 Å². The molecule has 0 radical (unpaired) electrons. The fourth-order valence-electron chi connectivity index (χ4n) is 7.73. The normalized spacial score (nSPS) is 28.1. The van der Waals surface area contributed by atoms with Crippen LogP contribution in [0.25, 0.3) is 0 Å². The van der Waals surface area contributed by atoms with Crippen molar-refractivity contribution in [3.63, 3.8) is 0 Å². The van der Waals surface area contributed by atoms with Crippen molar-refractivity contribution in [1.29, 1.82) is 0 Å². The molecule has 3 fully saturated rings. The van der Waals surface area contributed by atoms with Crippen LogP contribution in [-0.4, -0.2) is 53.2 Å². The number of hydrogen-bond acceptors (Lipinski definition) is 9. The molecule has 7 rings (SSSR count). The van der Waals surface area contributed by atoms with E-state index in [0.29, 0.717) is 25.5 Å². The molecular weight excluding hydrogens is 663 g/mol. The van der Waals surface area contributed by atoms with Crippen LogP contribution in [-0.2, 0) is 25.7 Å². The second-order valence-corrected chi connectivity index (χ2v) is 15.2. The zero-order valence-electron chi connectivity index (χ0n) is 23.7. The second kappa shape index (κ2) is 11.7. The molecule has 0 spiro atoms. The summed E-state index contributed by atoms with van der Waals surface area (Å²) in [5.74, 6) is -0.691. The molecule has 1 saturated heterocycles. The highest BCUT2D eigenvalue weighted by atomic mass is 35.5. The van der Waals surface area contributed by atoms with E-state index in [9.17, 15) is 14.4 Å². The number of esters is 1. The van der Waals surface area contributed by atoms with Crippen LogP contribution in [0, 0.1) is 33.5 Å². The van der Waals surface area contributed by atoms with E-state index < -0.39 is 17.8 Å². The Bertz CT molecular complexity index is 1740. The number of halogens is 2. The first-order valence-electron chi connectivity index (χ1n) is 14.3. The molecule has 44 heavy (non-hydrogen) atoms. The number of nitrogens with zero attached hydrogens (tertiary/aromatic N) is 1. The molecule has 8 nitrogen and oxygen atoms in total. The predicted octanol–water partition coefficient (Wildman–Crippen LogP) is 6.74. The molecule has 2 amide bonds. The molecule has 13 heteroatoms. The fourth-order valence-corrected chi connectivity index (χ4v) is 11.5. The Morgan fingerprint density at radius 1 is 1.09 bits per heavy atom. The number of methoxy groups -OCH3 is 1. The number of H-pyrrole nitrogens is 1. The number of thioether (sulfide) groups is 1. The average Bonchev–Trinajstić information content (AvgIpc) is 3.73. The summed E-state index contributed by atoms with van der Waals surface area (Å²) in [6.45, 7) is 1.81. The number of imide groups is 1. The summed E-state index contributed by atoms with van der Waals surface area (Å²) >= 11 is 21.3. The third kappa shape index (κ3) is 4.86. The molecular formula is C31H28Cl2N2O6S3. The van der Waals surface area contributed by atoms with Crippen molar-refractivity contribution in [3.8, 4) is 11.5 Å². The third-order valence-corrected chi connectivity index (χ3v) is 12.9. The molecule has 2 bridgehead atoms. The summed E-state index contributed by atoms with van der Waals surface area (Å²) in [5.41, 5.74) is 1.83. The van der Waals surface area contributed by atoms with E-state index >= 15 is 0 Å². The van der Waals surface area contributed by atoms with Crippen molar-refractivity contribution in [2.75, 3.05) is 20.3 Å². The maximum atomic E-state index is 13.7. The number of nitrogens with one attached hydrogen (secondary N) is 1. The number of aromatic amines is 1. The number of aromatic nitrogens is 1. The molecule has 2 aliphatic heterocycles. The van der Waals surface area contributed by atoms with Crippen LogP contribution in [0.1, 0.15) is 35.3 Å². The van der Waals surface area contributed by atoms with Gasteiger partial charge in [0.2, 0.25) is 11.8 Å². The van der Waals surface area contributed by atoms with E-state index in [-0.39, 0.29) is 60.5 Å². The number of carbonyl (C=O) groups is 3. The van der Waals surface area contributed by atoms with E-state index in [1.54, 1.807) is 49.3 Å². The van der Waals surface area contributed by atoms with Gasteiger partial charge in [-0.3, -0.25) is 19.3 Å². The molecule has 2 aliphatic carbocycles. The standard InChI is InChI=1S/C31H28Cl2N2O6S3/c1-3-40-21(36)11-35-29(37)24-16-10-17(25(24)30(35)38)26-23(16)22(27-28(43-26)34-31(42)44-27)13-5-7-19(20(8-13)39-2)41-12-14-4-6-15(32)9-18(14)33/h4-9,16-17,22-26H,3,10-12H2,1-2H3,(H,34,42). The zero-order valence-corrected chi connectivity index (χ0v) is 27.7. The number of benzene rings is 2. The highest BCUT2D eigenvalue weighted by Gasteiger charge is 2.69. The van der Waals surface area contributed by atoms with Crippen LogP contribution in [0.4, 0.5) is 0 Å². The fraction of sp³-hybridized carbons (Fsp3) is 0.419. The highest BCUT2D eigenvalue weighted by molar-refractivity contribution is 8.00. The summed E-state index contributed by atoms with van der Waals surface area (Å²) in [5, 5.41) is 2.22. The lowest BCUT2D eigenvalue weighted by Crippen LogP contribution is -2.42. The Morgan fingerprint density at radius 2 is 1.86 bits per heavy atom. The van der Waals surface area contributed by atoms with Crippen LogP contribution >= 0.6 is 58.5 Å². The SMILES string of the molecule is CCOC(=O)CN1C(=O)C2C3CC(C2C1=O)C1C(c2ccc(OCc4ccc(Cl)cc4Cl)c(OC)c2)c2sc(=S)[nH]c2SC31. The number of ether oxygens (including phenoxy) is 3. The first kappa shape index (κ1) is 30.1. The molecule has 4 aliphatic rings. The van der Waals surface area contributed by atoms with Gasteiger partial charge in [0.05, 0.1) is 30.6 Å². The lowest BCUT2D eigenvalue weighted by molar-refractivity contribution is -0.153. The number of rotatable bonds is 8. The van der Waals surface area contributed by atoms with Gasteiger partial charge < -0.3 is 19.2 Å². The lowest BCUT2D eigenvalue weighted by atomic mass is 9.68. The minimum absolute atomic E-state index is 0.00562. The van der Waals surface area contributed by atoms with E-state index in [1.165, 1.54) is 0 Å². The number of hydrogen-bond donors (Lipinski definition) is 1. The Balaban J connectivity index is 1.21. The van der Waals surface area contributed by atoms with Gasteiger partial charge in [0, 0.05) is 31.7 Å². The van der Waals surface area contributed by atoms with Gasteiger partial charge in [0.1, 0.15) is 13.2 Å². The van der Waals surface area contributed by atoms with Crippen molar-refractivity contribution < 1.29 is 28.6 Å². The summed E-state index contributed by atoms with van der Waals surface area (Å²) in [4.78, 5) is 45.1. The van der Waals surface area contributed by atoms with E-state index in [4.69, 9.17) is 49.6 Å². The Labute approximate surface area is 277 Å². The van der Waals surface area contributed by atoms with Gasteiger partial charge in [-0.15, -0.1) is 23.1 Å². The summed E-state index contributed by atoms with van der Waals surface area (Å²) in [6.07, 6.45) is 0.800. The number of fused-ring (bicyclic) bond motifs is 9. The largest absolute Gasteiger partial charge is 0.493 e. The molecule has 1 aromatic heterocycles. The molecule has 2 aromatic carbocycles. The molecule has 3 heterocycles. The molecule has 230 valence electrons. The van der Waals surface area contributed by atoms with Gasteiger partial charge >= 0.3 is 5.97 Å². The van der Waals surface area contributed by atoms with Crippen molar-refractivity contribution in [1.82, 2.24) is 9.88 Å².